The molecule has 3 heteroatoms. The maximum atomic E-state index is 12.4. The maximum absolute atomic E-state index is 12.4. The predicted octanol–water partition coefficient (Wildman–Crippen LogP) is 3.34. The minimum absolute atomic E-state index is 0.189. The minimum atomic E-state index is 0.189. The monoisotopic (exact) mass is 272 g/mol. The van der Waals surface area contributed by atoms with Gasteiger partial charge in [-0.1, -0.05) is 25.3 Å². The van der Waals surface area contributed by atoms with Crippen LogP contribution in [-0.4, -0.2) is 5.91 Å². The lowest BCUT2D eigenvalue weighted by Crippen LogP contribution is -2.36. The zero-order valence-corrected chi connectivity index (χ0v) is 12.0. The van der Waals surface area contributed by atoms with Crippen LogP contribution in [0.25, 0.3) is 0 Å². The molecule has 1 atom stereocenters. The molecular weight excluding hydrogens is 248 g/mol. The zero-order valence-electron chi connectivity index (χ0n) is 12.0. The second-order valence-electron chi connectivity index (χ2n) is 6.25. The Balaban J connectivity index is 1.71. The number of nitrogens with two attached hydrogens (primary N) is 1. The molecule has 3 N–H and O–H groups in total. The van der Waals surface area contributed by atoms with Crippen LogP contribution in [0.5, 0.6) is 0 Å². The summed E-state index contributed by atoms with van der Waals surface area (Å²) in [5.41, 5.74) is 9.26. The van der Waals surface area contributed by atoms with E-state index in [0.29, 0.717) is 0 Å². The quantitative estimate of drug-likeness (QED) is 0.811. The smallest absolute Gasteiger partial charge is 0.223 e. The molecule has 20 heavy (non-hydrogen) atoms. The van der Waals surface area contributed by atoms with Crippen molar-refractivity contribution in [1.29, 1.82) is 0 Å². The number of fused-ring (bicyclic) bond motifs is 1. The fourth-order valence-electron chi connectivity index (χ4n) is 3.64. The first-order chi connectivity index (χ1) is 9.74. The van der Waals surface area contributed by atoms with Crippen molar-refractivity contribution in [3.63, 3.8) is 0 Å². The van der Waals surface area contributed by atoms with Crippen LogP contribution < -0.4 is 11.1 Å². The summed E-state index contributed by atoms with van der Waals surface area (Å²) in [6.07, 6.45) is 9.08. The molecule has 0 spiro atoms. The first-order valence-electron chi connectivity index (χ1n) is 7.93. The van der Waals surface area contributed by atoms with E-state index in [1.54, 1.807) is 0 Å². The predicted molar refractivity (Wildman–Crippen MR) is 81.3 cm³/mol. The van der Waals surface area contributed by atoms with Gasteiger partial charge in [0.2, 0.25) is 5.91 Å². The summed E-state index contributed by atoms with van der Waals surface area (Å²) in [4.78, 5) is 12.4. The molecule has 1 fully saturated rings. The third kappa shape index (κ3) is 2.82. The average molecular weight is 272 g/mol. The molecule has 1 aromatic carbocycles. The van der Waals surface area contributed by atoms with Crippen molar-refractivity contribution in [2.75, 3.05) is 5.73 Å². The lowest BCUT2D eigenvalue weighted by molar-refractivity contribution is -0.126. The van der Waals surface area contributed by atoms with Gasteiger partial charge in [-0.05, 0) is 55.4 Å². The SMILES string of the molecule is Nc1ccc2c(c1)CCCC2NC(=O)C1CCCCC1. The Morgan fingerprint density at radius 2 is 1.90 bits per heavy atom. The normalized spacial score (nSPS) is 23.1. The van der Waals surface area contributed by atoms with E-state index >= 15 is 0 Å². The first-order valence-corrected chi connectivity index (χ1v) is 7.93. The molecule has 0 radical (unpaired) electrons. The fourth-order valence-corrected chi connectivity index (χ4v) is 3.64. The number of anilines is 1. The molecule has 1 unspecified atom stereocenters. The summed E-state index contributed by atoms with van der Waals surface area (Å²) in [6.45, 7) is 0. The summed E-state index contributed by atoms with van der Waals surface area (Å²) in [5.74, 6) is 0.502. The van der Waals surface area contributed by atoms with E-state index < -0.39 is 0 Å². The van der Waals surface area contributed by atoms with Crippen molar-refractivity contribution >= 4 is 11.6 Å². The van der Waals surface area contributed by atoms with Gasteiger partial charge in [0.05, 0.1) is 6.04 Å². The number of amides is 1. The number of aryl methyl sites for hydroxylation is 1. The number of carbonyl (C=O) groups excluding carboxylic acids is 1. The molecule has 1 amide bonds. The molecule has 1 aromatic rings. The number of nitrogens with one attached hydrogen (secondary N) is 1. The van der Waals surface area contributed by atoms with E-state index in [-0.39, 0.29) is 17.9 Å². The Morgan fingerprint density at radius 1 is 1.10 bits per heavy atom. The highest BCUT2D eigenvalue weighted by Gasteiger charge is 2.26. The number of hydrogen-bond donors (Lipinski definition) is 2. The Hall–Kier alpha value is -1.51. The van der Waals surface area contributed by atoms with Crippen molar-refractivity contribution < 1.29 is 4.79 Å². The summed E-state index contributed by atoms with van der Waals surface area (Å²) in [6, 6.07) is 6.29. The summed E-state index contributed by atoms with van der Waals surface area (Å²) < 4.78 is 0. The molecule has 1 saturated carbocycles. The summed E-state index contributed by atoms with van der Waals surface area (Å²) in [7, 11) is 0. The fraction of sp³-hybridized carbons (Fsp3) is 0.588. The number of benzene rings is 1. The molecule has 0 bridgehead atoms. The molecule has 2 aliphatic carbocycles. The van der Waals surface area contributed by atoms with Crippen LogP contribution in [0.1, 0.15) is 62.1 Å². The zero-order chi connectivity index (χ0) is 13.9. The van der Waals surface area contributed by atoms with Gasteiger partial charge in [0.25, 0.3) is 0 Å². The van der Waals surface area contributed by atoms with Crippen molar-refractivity contribution in [3.8, 4) is 0 Å². The van der Waals surface area contributed by atoms with Crippen LogP contribution in [0.3, 0.4) is 0 Å². The van der Waals surface area contributed by atoms with Gasteiger partial charge in [-0.3, -0.25) is 4.79 Å². The molecule has 3 rings (SSSR count). The van der Waals surface area contributed by atoms with E-state index in [0.717, 1.165) is 37.8 Å². The van der Waals surface area contributed by atoms with Crippen LogP contribution in [-0.2, 0) is 11.2 Å². The van der Waals surface area contributed by atoms with Gasteiger partial charge in [0, 0.05) is 11.6 Å². The van der Waals surface area contributed by atoms with Crippen molar-refractivity contribution in [2.24, 2.45) is 5.92 Å². The van der Waals surface area contributed by atoms with Gasteiger partial charge < -0.3 is 11.1 Å². The van der Waals surface area contributed by atoms with Gasteiger partial charge in [-0.15, -0.1) is 0 Å². The third-order valence-electron chi connectivity index (χ3n) is 4.77. The molecule has 0 saturated heterocycles. The molecule has 3 nitrogen and oxygen atoms in total. The van der Waals surface area contributed by atoms with E-state index in [1.165, 1.54) is 30.4 Å². The van der Waals surface area contributed by atoms with Gasteiger partial charge in [0.1, 0.15) is 0 Å². The Bertz CT molecular complexity index is 492. The van der Waals surface area contributed by atoms with Crippen LogP contribution in [0, 0.1) is 5.92 Å². The molecule has 0 heterocycles. The highest BCUT2D eigenvalue weighted by molar-refractivity contribution is 5.79. The number of nitrogen functional groups attached to an aromatic ring is 1. The third-order valence-corrected chi connectivity index (χ3v) is 4.77. The van der Waals surface area contributed by atoms with E-state index in [9.17, 15) is 4.79 Å². The van der Waals surface area contributed by atoms with E-state index in [2.05, 4.69) is 17.4 Å². The van der Waals surface area contributed by atoms with Gasteiger partial charge in [0.15, 0.2) is 0 Å². The second-order valence-corrected chi connectivity index (χ2v) is 6.25. The maximum Gasteiger partial charge on any atom is 0.223 e. The standard InChI is InChI=1S/C17H24N2O/c18-14-9-10-15-13(11-14)7-4-8-16(15)19-17(20)12-5-2-1-3-6-12/h9-12,16H,1-8,18H2,(H,19,20). The molecule has 108 valence electrons. The molecule has 0 aliphatic heterocycles. The second kappa shape index (κ2) is 5.86. The lowest BCUT2D eigenvalue weighted by atomic mass is 9.85. The van der Waals surface area contributed by atoms with Gasteiger partial charge >= 0.3 is 0 Å². The lowest BCUT2D eigenvalue weighted by Gasteiger charge is -2.29. The van der Waals surface area contributed by atoms with Crippen molar-refractivity contribution in [2.45, 2.75) is 57.4 Å². The van der Waals surface area contributed by atoms with E-state index in [4.69, 9.17) is 5.73 Å². The van der Waals surface area contributed by atoms with Crippen molar-refractivity contribution in [1.82, 2.24) is 5.32 Å². The summed E-state index contributed by atoms with van der Waals surface area (Å²) >= 11 is 0. The Morgan fingerprint density at radius 3 is 2.70 bits per heavy atom. The number of rotatable bonds is 2. The largest absolute Gasteiger partial charge is 0.399 e. The highest BCUT2D eigenvalue weighted by Crippen LogP contribution is 2.32. The minimum Gasteiger partial charge on any atom is -0.399 e. The van der Waals surface area contributed by atoms with Crippen LogP contribution in [0.15, 0.2) is 18.2 Å². The Labute approximate surface area is 120 Å². The molecular formula is C17H24N2O. The van der Waals surface area contributed by atoms with Gasteiger partial charge in [-0.25, -0.2) is 0 Å². The Kier molecular flexibility index (Phi) is 3.95. The van der Waals surface area contributed by atoms with Crippen LogP contribution >= 0.6 is 0 Å². The van der Waals surface area contributed by atoms with E-state index in [1.807, 2.05) is 6.07 Å². The van der Waals surface area contributed by atoms with Crippen LogP contribution in [0.2, 0.25) is 0 Å². The summed E-state index contributed by atoms with van der Waals surface area (Å²) in [5, 5.41) is 3.28. The molecule has 0 aromatic heterocycles. The first kappa shape index (κ1) is 13.5. The topological polar surface area (TPSA) is 55.1 Å². The highest BCUT2D eigenvalue weighted by atomic mass is 16.1. The average Bonchev–Trinajstić information content (AvgIpc) is 2.48. The number of hydrogen-bond acceptors (Lipinski definition) is 2. The van der Waals surface area contributed by atoms with Crippen molar-refractivity contribution in [3.05, 3.63) is 29.3 Å². The van der Waals surface area contributed by atoms with Crippen LogP contribution in [0.4, 0.5) is 5.69 Å². The van der Waals surface area contributed by atoms with Gasteiger partial charge in [-0.2, -0.15) is 0 Å². The molecule has 2 aliphatic rings. The number of carbonyl (C=O) groups is 1.